The zero-order valence-corrected chi connectivity index (χ0v) is 16.4. The maximum Gasteiger partial charge on any atom is 0.409 e. The monoisotopic (exact) mass is 383 g/mol. The number of aryl methyl sites for hydroxylation is 2. The summed E-state index contributed by atoms with van der Waals surface area (Å²) in [7, 11) is 0. The first-order chi connectivity index (χ1) is 13.5. The van der Waals surface area contributed by atoms with Crippen LogP contribution in [0.5, 0.6) is 0 Å². The van der Waals surface area contributed by atoms with Gasteiger partial charge in [0.25, 0.3) is 5.91 Å². The van der Waals surface area contributed by atoms with Crippen LogP contribution in [0.1, 0.15) is 28.5 Å². The molecule has 1 aliphatic rings. The summed E-state index contributed by atoms with van der Waals surface area (Å²) in [6.45, 7) is 7.94. The predicted octanol–water partition coefficient (Wildman–Crippen LogP) is 2.75. The molecule has 28 heavy (non-hydrogen) atoms. The number of hydrogen-bond acceptors (Lipinski definition) is 6. The van der Waals surface area contributed by atoms with Gasteiger partial charge in [0, 0.05) is 37.9 Å². The van der Waals surface area contributed by atoms with Gasteiger partial charge in [-0.15, -0.1) is 0 Å². The average Bonchev–Trinajstić information content (AvgIpc) is 2.71. The Labute approximate surface area is 164 Å². The number of piperazine rings is 1. The van der Waals surface area contributed by atoms with Crippen molar-refractivity contribution in [3.63, 3.8) is 0 Å². The topological polar surface area (TPSA) is 87.7 Å². The van der Waals surface area contributed by atoms with Crippen LogP contribution >= 0.6 is 0 Å². The Bertz CT molecular complexity index is 863. The van der Waals surface area contributed by atoms with Gasteiger partial charge in [-0.3, -0.25) is 4.79 Å². The summed E-state index contributed by atoms with van der Waals surface area (Å²) >= 11 is 0. The maximum absolute atomic E-state index is 12.8. The Kier molecular flexibility index (Phi) is 6.08. The van der Waals surface area contributed by atoms with E-state index in [2.05, 4.69) is 15.3 Å². The molecule has 0 radical (unpaired) electrons. The fourth-order valence-corrected chi connectivity index (χ4v) is 3.02. The number of amides is 2. The molecule has 2 heterocycles. The molecule has 0 spiro atoms. The smallest absolute Gasteiger partial charge is 0.409 e. The molecule has 1 N–H and O–H groups in total. The lowest BCUT2D eigenvalue weighted by Crippen LogP contribution is -2.50. The summed E-state index contributed by atoms with van der Waals surface area (Å²) in [6.07, 6.45) is 1.05. The lowest BCUT2D eigenvalue weighted by atomic mass is 10.1. The minimum atomic E-state index is -0.336. The van der Waals surface area contributed by atoms with Gasteiger partial charge < -0.3 is 19.9 Å². The van der Waals surface area contributed by atoms with Crippen molar-refractivity contribution in [1.29, 1.82) is 0 Å². The zero-order valence-electron chi connectivity index (χ0n) is 16.4. The van der Waals surface area contributed by atoms with E-state index in [-0.39, 0.29) is 12.0 Å². The Morgan fingerprint density at radius 2 is 1.79 bits per heavy atom. The molecule has 1 fully saturated rings. The third-order valence-electron chi connectivity index (χ3n) is 4.63. The minimum Gasteiger partial charge on any atom is -0.450 e. The van der Waals surface area contributed by atoms with E-state index in [1.807, 2.05) is 32.0 Å². The van der Waals surface area contributed by atoms with Crippen LogP contribution in [0.4, 0.5) is 16.3 Å². The summed E-state index contributed by atoms with van der Waals surface area (Å²) in [5, 5.41) is 3.26. The second kappa shape index (κ2) is 8.69. The summed E-state index contributed by atoms with van der Waals surface area (Å²) in [5.41, 5.74) is 3.50. The van der Waals surface area contributed by atoms with Crippen molar-refractivity contribution in [2.24, 2.45) is 0 Å². The van der Waals surface area contributed by atoms with E-state index < -0.39 is 0 Å². The van der Waals surface area contributed by atoms with Crippen LogP contribution in [0.15, 0.2) is 30.6 Å². The summed E-state index contributed by atoms with van der Waals surface area (Å²) < 4.78 is 5.01. The molecule has 1 aliphatic heterocycles. The molecular formula is C20H25N5O3. The molecule has 0 bridgehead atoms. The number of anilines is 2. The summed E-state index contributed by atoms with van der Waals surface area (Å²) in [5.74, 6) is 0.395. The number of benzene rings is 1. The second-order valence-corrected chi connectivity index (χ2v) is 6.71. The fourth-order valence-electron chi connectivity index (χ4n) is 3.02. The van der Waals surface area contributed by atoms with Gasteiger partial charge in [-0.25, -0.2) is 14.8 Å². The lowest BCUT2D eigenvalue weighted by Gasteiger charge is -2.33. The summed E-state index contributed by atoms with van der Waals surface area (Å²) in [4.78, 5) is 36.3. The van der Waals surface area contributed by atoms with Gasteiger partial charge in [0.2, 0.25) is 0 Å². The largest absolute Gasteiger partial charge is 0.450 e. The number of rotatable bonds is 4. The van der Waals surface area contributed by atoms with E-state index in [1.165, 1.54) is 6.33 Å². The number of aromatic nitrogens is 2. The molecule has 148 valence electrons. The molecule has 8 nitrogen and oxygen atoms in total. The van der Waals surface area contributed by atoms with Crippen LogP contribution in [0.25, 0.3) is 0 Å². The maximum atomic E-state index is 12.8. The fraction of sp³-hybridized carbons (Fsp3) is 0.400. The minimum absolute atomic E-state index is 0.171. The summed E-state index contributed by atoms with van der Waals surface area (Å²) in [6, 6.07) is 7.77. The molecule has 1 aromatic carbocycles. The highest BCUT2D eigenvalue weighted by Gasteiger charge is 2.26. The quantitative estimate of drug-likeness (QED) is 0.873. The van der Waals surface area contributed by atoms with Crippen molar-refractivity contribution in [3.05, 3.63) is 47.4 Å². The molecule has 0 saturated carbocycles. The number of nitrogens with one attached hydrogen (secondary N) is 1. The van der Waals surface area contributed by atoms with Crippen molar-refractivity contribution < 1.29 is 14.3 Å². The van der Waals surface area contributed by atoms with Crippen molar-refractivity contribution >= 4 is 23.5 Å². The van der Waals surface area contributed by atoms with E-state index in [0.29, 0.717) is 44.3 Å². The Morgan fingerprint density at radius 3 is 2.50 bits per heavy atom. The molecule has 8 heteroatoms. The number of carbonyl (C=O) groups excluding carboxylic acids is 2. The first-order valence-electron chi connectivity index (χ1n) is 9.35. The first-order valence-corrected chi connectivity index (χ1v) is 9.35. The van der Waals surface area contributed by atoms with Gasteiger partial charge in [-0.1, -0.05) is 12.1 Å². The molecule has 1 saturated heterocycles. The molecule has 2 amide bonds. The van der Waals surface area contributed by atoms with E-state index in [9.17, 15) is 9.59 Å². The number of hydrogen-bond donors (Lipinski definition) is 1. The van der Waals surface area contributed by atoms with Gasteiger partial charge in [0.05, 0.1) is 6.61 Å². The number of carbonyl (C=O) groups is 2. The molecule has 0 aliphatic carbocycles. The SMILES string of the molecule is CCOC(=O)N1CCN(C(=O)c2cc(Nc3cc(C)ccc3C)ncn2)CC1. The number of nitrogens with zero attached hydrogens (tertiary/aromatic N) is 4. The van der Waals surface area contributed by atoms with Gasteiger partial charge >= 0.3 is 6.09 Å². The molecule has 1 aromatic heterocycles. The van der Waals surface area contributed by atoms with E-state index >= 15 is 0 Å². The Balaban J connectivity index is 1.66. The molecule has 0 unspecified atom stereocenters. The van der Waals surface area contributed by atoms with Crippen molar-refractivity contribution in [1.82, 2.24) is 19.8 Å². The van der Waals surface area contributed by atoms with Crippen LogP contribution in [-0.2, 0) is 4.74 Å². The normalized spacial score (nSPS) is 14.0. The third-order valence-corrected chi connectivity index (χ3v) is 4.63. The first kappa shape index (κ1) is 19.6. The van der Waals surface area contributed by atoms with Crippen molar-refractivity contribution in [2.45, 2.75) is 20.8 Å². The van der Waals surface area contributed by atoms with Crippen molar-refractivity contribution in [3.8, 4) is 0 Å². The standard InChI is InChI=1S/C20H25N5O3/c1-4-28-20(27)25-9-7-24(8-10-25)19(26)17-12-18(22-13-21-17)23-16-11-14(2)5-6-15(16)3/h5-6,11-13H,4,7-10H2,1-3H3,(H,21,22,23). The molecular weight excluding hydrogens is 358 g/mol. The van der Waals surface area contributed by atoms with Gasteiger partial charge in [-0.2, -0.15) is 0 Å². The zero-order chi connectivity index (χ0) is 20.1. The molecule has 0 atom stereocenters. The second-order valence-electron chi connectivity index (χ2n) is 6.71. The molecule has 2 aromatic rings. The van der Waals surface area contributed by atoms with E-state index in [4.69, 9.17) is 4.74 Å². The lowest BCUT2D eigenvalue weighted by molar-refractivity contribution is 0.0566. The Morgan fingerprint density at radius 1 is 1.07 bits per heavy atom. The highest BCUT2D eigenvalue weighted by molar-refractivity contribution is 5.93. The van der Waals surface area contributed by atoms with Crippen molar-refractivity contribution in [2.75, 3.05) is 38.1 Å². The highest BCUT2D eigenvalue weighted by Crippen LogP contribution is 2.21. The predicted molar refractivity (Wildman–Crippen MR) is 106 cm³/mol. The van der Waals surface area contributed by atoms with Gasteiger partial charge in [0.15, 0.2) is 0 Å². The highest BCUT2D eigenvalue weighted by atomic mass is 16.6. The number of ether oxygens (including phenoxy) is 1. The van der Waals surface area contributed by atoms with Crippen LogP contribution in [0.2, 0.25) is 0 Å². The Hall–Kier alpha value is -3.16. The average molecular weight is 383 g/mol. The van der Waals surface area contributed by atoms with E-state index in [1.54, 1.807) is 22.8 Å². The van der Waals surface area contributed by atoms with Crippen LogP contribution in [-0.4, -0.2) is 64.6 Å². The third kappa shape index (κ3) is 4.57. The van der Waals surface area contributed by atoms with Crippen LogP contribution in [0.3, 0.4) is 0 Å². The van der Waals surface area contributed by atoms with Gasteiger partial charge in [-0.05, 0) is 38.0 Å². The van der Waals surface area contributed by atoms with Crippen LogP contribution < -0.4 is 5.32 Å². The van der Waals surface area contributed by atoms with E-state index in [0.717, 1.165) is 16.8 Å². The van der Waals surface area contributed by atoms with Crippen LogP contribution in [0, 0.1) is 13.8 Å². The molecule has 3 rings (SSSR count). The van der Waals surface area contributed by atoms with Gasteiger partial charge in [0.1, 0.15) is 17.8 Å².